The molecule has 0 radical (unpaired) electrons. The largest absolute Gasteiger partial charge is 0.491 e. The molecular formula is C30H29N3O5. The van der Waals surface area contributed by atoms with E-state index in [9.17, 15) is 19.5 Å². The summed E-state index contributed by atoms with van der Waals surface area (Å²) in [5, 5.41) is 16.9. The van der Waals surface area contributed by atoms with Gasteiger partial charge in [0.2, 0.25) is 5.91 Å². The van der Waals surface area contributed by atoms with E-state index in [1.807, 2.05) is 36.4 Å². The number of rotatable bonds is 10. The van der Waals surface area contributed by atoms with Crippen LogP contribution in [0.2, 0.25) is 0 Å². The number of carboxylic acid groups (broad SMARTS) is 1. The van der Waals surface area contributed by atoms with E-state index < -0.39 is 11.9 Å². The van der Waals surface area contributed by atoms with Crippen molar-refractivity contribution in [2.45, 2.75) is 31.7 Å². The van der Waals surface area contributed by atoms with Crippen LogP contribution >= 0.6 is 0 Å². The second-order valence-electron chi connectivity index (χ2n) is 9.83. The van der Waals surface area contributed by atoms with Crippen molar-refractivity contribution in [3.63, 3.8) is 0 Å². The molecule has 1 fully saturated rings. The van der Waals surface area contributed by atoms with E-state index in [1.54, 1.807) is 35.2 Å². The highest BCUT2D eigenvalue weighted by Gasteiger charge is 2.40. The molecule has 0 saturated carbocycles. The Bertz CT molecular complexity index is 1420. The first-order valence-electron chi connectivity index (χ1n) is 12.7. The molecule has 4 N–H and O–H groups in total. The molecule has 1 aliphatic heterocycles. The number of carbonyl (C=O) groups is 3. The molecule has 3 aromatic carbocycles. The van der Waals surface area contributed by atoms with Gasteiger partial charge in [0.15, 0.2) is 5.78 Å². The van der Waals surface area contributed by atoms with Crippen LogP contribution in [0, 0.1) is 11.3 Å². The summed E-state index contributed by atoms with van der Waals surface area (Å²) in [6.07, 6.45) is 1.80. The summed E-state index contributed by atoms with van der Waals surface area (Å²) in [5.41, 5.74) is 9.89. The normalized spacial score (nSPS) is 17.8. The van der Waals surface area contributed by atoms with Gasteiger partial charge in [0, 0.05) is 23.2 Å². The van der Waals surface area contributed by atoms with E-state index >= 15 is 0 Å². The number of likely N-dealkylation sites (tertiary alicyclic amines) is 1. The van der Waals surface area contributed by atoms with Gasteiger partial charge in [0.1, 0.15) is 18.2 Å². The fourth-order valence-electron chi connectivity index (χ4n) is 5.41. The topological polar surface area (TPSA) is 134 Å². The van der Waals surface area contributed by atoms with E-state index in [4.69, 9.17) is 15.9 Å². The number of nitrogen functional groups attached to an aromatic ring is 1. The van der Waals surface area contributed by atoms with Gasteiger partial charge in [-0.05, 0) is 60.2 Å². The molecule has 3 aromatic rings. The monoisotopic (exact) mass is 511 g/mol. The second kappa shape index (κ2) is 10.5. The number of ketones is 1. The van der Waals surface area contributed by atoms with Crippen LogP contribution in [0.4, 0.5) is 0 Å². The average molecular weight is 512 g/mol. The molecule has 0 spiro atoms. The fraction of sp³-hybridized carbons (Fsp3) is 0.267. The minimum atomic E-state index is -0.987. The molecule has 5 rings (SSSR count). The van der Waals surface area contributed by atoms with Crippen molar-refractivity contribution in [3.05, 3.63) is 89.0 Å². The Hall–Kier alpha value is -4.46. The highest BCUT2D eigenvalue weighted by Crippen LogP contribution is 2.39. The third-order valence-electron chi connectivity index (χ3n) is 7.30. The first kappa shape index (κ1) is 25.2. The number of hydrogen-bond acceptors (Lipinski definition) is 5. The SMILES string of the molecule is N=C(N)c1ccc2c(c1)C(=O)c1cc(OC[C@@H]3C[C@@H](CC(=O)O)C(=O)N3CCCc3ccccc3)ccc1-2. The first-order chi connectivity index (χ1) is 18.3. The predicted octanol–water partition coefficient (Wildman–Crippen LogP) is 3.89. The van der Waals surface area contributed by atoms with Gasteiger partial charge in [-0.3, -0.25) is 19.8 Å². The fourth-order valence-corrected chi connectivity index (χ4v) is 5.41. The zero-order valence-corrected chi connectivity index (χ0v) is 20.9. The third-order valence-corrected chi connectivity index (χ3v) is 7.30. The van der Waals surface area contributed by atoms with Crippen LogP contribution in [0.3, 0.4) is 0 Å². The summed E-state index contributed by atoms with van der Waals surface area (Å²) < 4.78 is 6.07. The molecule has 2 aliphatic rings. The lowest BCUT2D eigenvalue weighted by molar-refractivity contribution is -0.142. The zero-order chi connectivity index (χ0) is 26.8. The number of benzene rings is 3. The quantitative estimate of drug-likeness (QED) is 0.219. The third kappa shape index (κ3) is 5.02. The summed E-state index contributed by atoms with van der Waals surface area (Å²) in [4.78, 5) is 39.2. The Kier molecular flexibility index (Phi) is 6.96. The number of amides is 1. The minimum absolute atomic E-state index is 0.0961. The van der Waals surface area contributed by atoms with Crippen molar-refractivity contribution in [1.82, 2.24) is 4.90 Å². The molecule has 0 aromatic heterocycles. The van der Waals surface area contributed by atoms with Crippen LogP contribution in [0.5, 0.6) is 5.75 Å². The van der Waals surface area contributed by atoms with Crippen molar-refractivity contribution >= 4 is 23.5 Å². The van der Waals surface area contributed by atoms with Gasteiger partial charge in [0.05, 0.1) is 18.4 Å². The van der Waals surface area contributed by atoms with Crippen LogP contribution in [0.1, 0.15) is 46.3 Å². The molecule has 1 amide bonds. The Morgan fingerprint density at radius 3 is 2.42 bits per heavy atom. The van der Waals surface area contributed by atoms with Gasteiger partial charge in [-0.2, -0.15) is 0 Å². The summed E-state index contributed by atoms with van der Waals surface area (Å²) in [6, 6.07) is 20.3. The van der Waals surface area contributed by atoms with E-state index in [2.05, 4.69) is 0 Å². The predicted molar refractivity (Wildman–Crippen MR) is 142 cm³/mol. The molecule has 0 unspecified atom stereocenters. The van der Waals surface area contributed by atoms with E-state index in [0.29, 0.717) is 35.4 Å². The standard InChI is InChI=1S/C30H29N3O5/c31-29(32)19-8-10-23-24-11-9-22(16-26(24)28(36)25(23)14-19)38-17-21-13-20(15-27(34)35)30(37)33(21)12-4-7-18-5-2-1-3-6-18/h1-3,5-6,8-11,14,16,20-21H,4,7,12-13,15,17H2,(H3,31,32)(H,34,35)/t20-,21-/m0/s1. The maximum atomic E-state index is 13.1. The van der Waals surface area contributed by atoms with Gasteiger partial charge >= 0.3 is 5.97 Å². The van der Waals surface area contributed by atoms with Gasteiger partial charge in [-0.25, -0.2) is 0 Å². The van der Waals surface area contributed by atoms with E-state index in [1.165, 1.54) is 5.56 Å². The van der Waals surface area contributed by atoms with Crippen molar-refractivity contribution in [3.8, 4) is 16.9 Å². The number of carbonyl (C=O) groups excluding carboxylic acids is 2. The lowest BCUT2D eigenvalue weighted by Crippen LogP contribution is -2.38. The van der Waals surface area contributed by atoms with Crippen molar-refractivity contribution in [2.24, 2.45) is 11.7 Å². The Morgan fingerprint density at radius 1 is 1.00 bits per heavy atom. The lowest BCUT2D eigenvalue weighted by atomic mass is 10.0. The van der Waals surface area contributed by atoms with Crippen molar-refractivity contribution < 1.29 is 24.2 Å². The van der Waals surface area contributed by atoms with Gasteiger partial charge < -0.3 is 20.5 Å². The zero-order valence-electron chi connectivity index (χ0n) is 20.9. The van der Waals surface area contributed by atoms with Gasteiger partial charge in [-0.1, -0.05) is 42.5 Å². The second-order valence-corrected chi connectivity index (χ2v) is 9.83. The highest BCUT2D eigenvalue weighted by atomic mass is 16.5. The molecule has 0 bridgehead atoms. The van der Waals surface area contributed by atoms with E-state index in [0.717, 1.165) is 24.0 Å². The summed E-state index contributed by atoms with van der Waals surface area (Å²) in [5.74, 6) is -1.43. The van der Waals surface area contributed by atoms with E-state index in [-0.39, 0.29) is 36.6 Å². The molecule has 1 aliphatic carbocycles. The Balaban J connectivity index is 1.28. The number of aliphatic carboxylic acids is 1. The lowest BCUT2D eigenvalue weighted by Gasteiger charge is -2.25. The summed E-state index contributed by atoms with van der Waals surface area (Å²) in [6.45, 7) is 0.732. The van der Waals surface area contributed by atoms with Crippen LogP contribution < -0.4 is 10.5 Å². The maximum absolute atomic E-state index is 13.1. The number of ether oxygens (including phenoxy) is 1. The molecule has 2 atom stereocenters. The summed E-state index contributed by atoms with van der Waals surface area (Å²) in [7, 11) is 0. The number of hydrogen-bond donors (Lipinski definition) is 3. The molecule has 8 heteroatoms. The van der Waals surface area contributed by atoms with Gasteiger partial charge in [-0.15, -0.1) is 0 Å². The van der Waals surface area contributed by atoms with Crippen LogP contribution in [-0.2, 0) is 16.0 Å². The van der Waals surface area contributed by atoms with Gasteiger partial charge in [0.25, 0.3) is 0 Å². The Morgan fingerprint density at radius 2 is 1.71 bits per heavy atom. The van der Waals surface area contributed by atoms with Crippen molar-refractivity contribution in [2.75, 3.05) is 13.2 Å². The number of nitrogens with zero attached hydrogens (tertiary/aromatic N) is 1. The van der Waals surface area contributed by atoms with Crippen LogP contribution in [0.25, 0.3) is 11.1 Å². The summed E-state index contributed by atoms with van der Waals surface area (Å²) >= 11 is 0. The molecule has 194 valence electrons. The number of carboxylic acids is 1. The number of aryl methyl sites for hydroxylation is 1. The molecule has 1 heterocycles. The molecule has 38 heavy (non-hydrogen) atoms. The maximum Gasteiger partial charge on any atom is 0.304 e. The highest BCUT2D eigenvalue weighted by molar-refractivity contribution is 6.22. The average Bonchev–Trinajstić information content (AvgIpc) is 3.35. The number of amidine groups is 1. The first-order valence-corrected chi connectivity index (χ1v) is 12.7. The smallest absolute Gasteiger partial charge is 0.304 e. The molecular weight excluding hydrogens is 482 g/mol. The number of fused-ring (bicyclic) bond motifs is 3. The molecule has 1 saturated heterocycles. The number of nitrogens with two attached hydrogens (primary N) is 1. The van der Waals surface area contributed by atoms with Crippen molar-refractivity contribution in [1.29, 1.82) is 5.41 Å². The van der Waals surface area contributed by atoms with Crippen LogP contribution in [-0.4, -0.2) is 52.7 Å². The minimum Gasteiger partial charge on any atom is -0.491 e. The Labute approximate surface area is 220 Å². The molecule has 8 nitrogen and oxygen atoms in total. The number of nitrogens with one attached hydrogen (secondary N) is 1. The van der Waals surface area contributed by atoms with Crippen LogP contribution in [0.15, 0.2) is 66.7 Å².